The summed E-state index contributed by atoms with van der Waals surface area (Å²) in [5.41, 5.74) is 0.890. The third-order valence-corrected chi connectivity index (χ3v) is 5.58. The van der Waals surface area contributed by atoms with E-state index >= 15 is 0 Å². The molecular formula is C21H23N9O4. The average Bonchev–Trinajstić information content (AvgIpc) is 3.56. The summed E-state index contributed by atoms with van der Waals surface area (Å²) in [5, 5.41) is 20.5. The normalized spacial score (nSPS) is 15.5. The molecule has 1 saturated heterocycles. The zero-order valence-corrected chi connectivity index (χ0v) is 18.6. The Bertz CT molecular complexity index is 1280. The predicted octanol–water partition coefficient (Wildman–Crippen LogP) is 0.580. The molecule has 0 bridgehead atoms. The molecule has 4 heterocycles. The van der Waals surface area contributed by atoms with Crippen molar-refractivity contribution in [1.29, 1.82) is 0 Å². The van der Waals surface area contributed by atoms with Crippen LogP contribution in [-0.2, 0) is 9.59 Å². The van der Waals surface area contributed by atoms with Gasteiger partial charge in [0, 0.05) is 26.0 Å². The number of nitrogens with zero attached hydrogens (tertiary/aromatic N) is 6. The van der Waals surface area contributed by atoms with E-state index in [1.165, 1.54) is 20.0 Å². The minimum absolute atomic E-state index is 0.00110. The molecule has 1 aliphatic heterocycles. The number of hydrogen-bond donors (Lipinski definition) is 3. The van der Waals surface area contributed by atoms with E-state index in [0.29, 0.717) is 30.2 Å². The highest BCUT2D eigenvalue weighted by molar-refractivity contribution is 5.99. The first-order chi connectivity index (χ1) is 16.4. The molecule has 5 rings (SSSR count). The molecule has 3 aromatic rings. The van der Waals surface area contributed by atoms with Gasteiger partial charge in [0.2, 0.25) is 17.8 Å². The monoisotopic (exact) mass is 465 g/mol. The van der Waals surface area contributed by atoms with Crippen molar-refractivity contribution in [2.45, 2.75) is 25.9 Å². The highest BCUT2D eigenvalue weighted by Crippen LogP contribution is 2.30. The van der Waals surface area contributed by atoms with Crippen molar-refractivity contribution in [3.8, 4) is 5.75 Å². The summed E-state index contributed by atoms with van der Waals surface area (Å²) in [4.78, 5) is 41.8. The second kappa shape index (κ2) is 8.57. The van der Waals surface area contributed by atoms with Crippen LogP contribution >= 0.6 is 0 Å². The first-order valence-electron chi connectivity index (χ1n) is 10.9. The molecule has 1 saturated carbocycles. The van der Waals surface area contributed by atoms with E-state index in [2.05, 4.69) is 36.2 Å². The lowest BCUT2D eigenvalue weighted by atomic mass is 10.1. The van der Waals surface area contributed by atoms with Gasteiger partial charge in [0.15, 0.2) is 17.2 Å². The Labute approximate surface area is 193 Å². The Kier molecular flexibility index (Phi) is 5.43. The minimum Gasteiger partial charge on any atom is -0.485 e. The largest absolute Gasteiger partial charge is 0.485 e. The van der Waals surface area contributed by atoms with Crippen LogP contribution in [0.5, 0.6) is 5.75 Å². The fourth-order valence-corrected chi connectivity index (χ4v) is 3.48. The number of hydrogen-bond acceptors (Lipinski definition) is 9. The predicted molar refractivity (Wildman–Crippen MR) is 120 cm³/mol. The number of carbonyl (C=O) groups excluding carboxylic acids is 3. The highest BCUT2D eigenvalue weighted by atomic mass is 16.5. The van der Waals surface area contributed by atoms with Crippen LogP contribution in [0, 0.1) is 5.92 Å². The van der Waals surface area contributed by atoms with Crippen molar-refractivity contribution >= 4 is 40.8 Å². The summed E-state index contributed by atoms with van der Waals surface area (Å²) < 4.78 is 7.44. The summed E-state index contributed by atoms with van der Waals surface area (Å²) in [7, 11) is 1.49. The van der Waals surface area contributed by atoms with E-state index in [0.717, 1.165) is 12.8 Å². The molecule has 0 spiro atoms. The molecule has 0 atom stereocenters. The number of likely N-dealkylation sites (tertiary alicyclic amines) is 1. The minimum atomic E-state index is -0.449. The molecule has 1 aliphatic carbocycles. The Balaban J connectivity index is 1.34. The van der Waals surface area contributed by atoms with Crippen molar-refractivity contribution in [2.24, 2.45) is 5.92 Å². The molecule has 2 aliphatic rings. The number of carbonyl (C=O) groups is 3. The molecule has 2 fully saturated rings. The third kappa shape index (κ3) is 4.44. The van der Waals surface area contributed by atoms with E-state index < -0.39 is 5.91 Å². The molecule has 13 nitrogen and oxygen atoms in total. The zero-order valence-electron chi connectivity index (χ0n) is 18.6. The number of nitrogens with one attached hydrogen (secondary N) is 3. The first kappa shape index (κ1) is 21.6. The lowest BCUT2D eigenvalue weighted by molar-refractivity contribution is -0.137. The summed E-state index contributed by atoms with van der Waals surface area (Å²) in [5.74, 6) is 0.503. The van der Waals surface area contributed by atoms with Crippen LogP contribution in [0.2, 0.25) is 0 Å². The van der Waals surface area contributed by atoms with Crippen LogP contribution in [-0.4, -0.2) is 73.7 Å². The number of anilines is 3. The van der Waals surface area contributed by atoms with Crippen LogP contribution in [0.3, 0.4) is 0 Å². The molecule has 0 aromatic carbocycles. The van der Waals surface area contributed by atoms with Crippen molar-refractivity contribution in [2.75, 3.05) is 30.8 Å². The Morgan fingerprint density at radius 2 is 1.94 bits per heavy atom. The molecule has 3 N–H and O–H groups in total. The van der Waals surface area contributed by atoms with Crippen molar-refractivity contribution in [1.82, 2.24) is 35.0 Å². The van der Waals surface area contributed by atoms with E-state index in [9.17, 15) is 14.4 Å². The zero-order chi connectivity index (χ0) is 23.8. The van der Waals surface area contributed by atoms with E-state index in [-0.39, 0.29) is 41.3 Å². The second-order valence-electron chi connectivity index (χ2n) is 8.23. The Morgan fingerprint density at radius 1 is 1.15 bits per heavy atom. The SMILES string of the molecule is CNC(=O)c1nnc(NC(=O)C2CC2)cc1Nc1nc2ccc(OC3CN(C(C)=O)C3)cn2n1. The highest BCUT2D eigenvalue weighted by Gasteiger charge is 2.31. The number of amides is 3. The van der Waals surface area contributed by atoms with Crippen LogP contribution in [0.25, 0.3) is 5.65 Å². The van der Waals surface area contributed by atoms with E-state index in [1.807, 2.05) is 0 Å². The molecule has 0 unspecified atom stereocenters. The van der Waals surface area contributed by atoms with Crippen LogP contribution in [0.15, 0.2) is 24.4 Å². The second-order valence-corrected chi connectivity index (χ2v) is 8.23. The average molecular weight is 465 g/mol. The maximum atomic E-state index is 12.3. The maximum absolute atomic E-state index is 12.3. The first-order valence-corrected chi connectivity index (χ1v) is 10.9. The van der Waals surface area contributed by atoms with Crippen LogP contribution in [0.1, 0.15) is 30.3 Å². The van der Waals surface area contributed by atoms with Gasteiger partial charge in [-0.2, -0.15) is 4.98 Å². The van der Waals surface area contributed by atoms with Gasteiger partial charge in [-0.25, -0.2) is 4.52 Å². The topological polar surface area (TPSA) is 156 Å². The Hall–Kier alpha value is -4.29. The Morgan fingerprint density at radius 3 is 2.65 bits per heavy atom. The molecule has 176 valence electrons. The molecule has 13 heteroatoms. The molecular weight excluding hydrogens is 442 g/mol. The number of aromatic nitrogens is 5. The quantitative estimate of drug-likeness (QED) is 0.454. The third-order valence-electron chi connectivity index (χ3n) is 5.58. The van der Waals surface area contributed by atoms with E-state index in [4.69, 9.17) is 4.74 Å². The van der Waals surface area contributed by atoms with Gasteiger partial charge in [0.1, 0.15) is 11.9 Å². The number of ether oxygens (including phenoxy) is 1. The fourth-order valence-electron chi connectivity index (χ4n) is 3.48. The van der Waals surface area contributed by atoms with Gasteiger partial charge in [-0.3, -0.25) is 14.4 Å². The van der Waals surface area contributed by atoms with Gasteiger partial charge in [-0.1, -0.05) is 0 Å². The summed E-state index contributed by atoms with van der Waals surface area (Å²) in [6.45, 7) is 2.63. The van der Waals surface area contributed by atoms with Crippen LogP contribution < -0.4 is 20.7 Å². The summed E-state index contributed by atoms with van der Waals surface area (Å²) in [6.07, 6.45) is 3.33. The lowest BCUT2D eigenvalue weighted by Gasteiger charge is -2.38. The molecule has 34 heavy (non-hydrogen) atoms. The van der Waals surface area contributed by atoms with Gasteiger partial charge >= 0.3 is 0 Å². The van der Waals surface area contributed by atoms with Crippen molar-refractivity contribution in [3.05, 3.63) is 30.1 Å². The van der Waals surface area contributed by atoms with Crippen LogP contribution in [0.4, 0.5) is 17.5 Å². The number of pyridine rings is 1. The smallest absolute Gasteiger partial charge is 0.273 e. The van der Waals surface area contributed by atoms with Crippen molar-refractivity contribution < 1.29 is 19.1 Å². The van der Waals surface area contributed by atoms with Gasteiger partial charge in [-0.15, -0.1) is 15.3 Å². The van der Waals surface area contributed by atoms with Gasteiger partial charge < -0.3 is 25.6 Å². The fraction of sp³-hybridized carbons (Fsp3) is 0.381. The molecule has 3 aromatic heterocycles. The molecule has 0 radical (unpaired) electrons. The lowest BCUT2D eigenvalue weighted by Crippen LogP contribution is -2.55. The standard InChI is InChI=1S/C21H23N9O4/c1-11(31)29-8-14(9-29)34-13-5-6-17-25-21(28-30(17)10-13)23-15-7-16(24-19(32)12-3-4-12)26-27-18(15)20(33)22-2/h5-7,10,12,14H,3-4,8-9H2,1-2H3,(H,22,33)(H2,23,24,26,28,32). The van der Waals surface area contributed by atoms with Crippen molar-refractivity contribution in [3.63, 3.8) is 0 Å². The number of rotatable bonds is 7. The number of fused-ring (bicyclic) bond motifs is 1. The van der Waals surface area contributed by atoms with E-state index in [1.54, 1.807) is 27.7 Å². The summed E-state index contributed by atoms with van der Waals surface area (Å²) in [6, 6.07) is 5.05. The van der Waals surface area contributed by atoms with Gasteiger partial charge in [0.05, 0.1) is 25.0 Å². The molecule has 3 amide bonds. The van der Waals surface area contributed by atoms with Gasteiger partial charge in [-0.05, 0) is 25.0 Å². The van der Waals surface area contributed by atoms with Gasteiger partial charge in [0.25, 0.3) is 5.91 Å². The maximum Gasteiger partial charge on any atom is 0.273 e. The summed E-state index contributed by atoms with van der Waals surface area (Å²) >= 11 is 0.